The summed E-state index contributed by atoms with van der Waals surface area (Å²) in [7, 11) is 1.34. The molecule has 0 spiro atoms. The number of H-pyrrole nitrogens is 1. The highest BCUT2D eigenvalue weighted by molar-refractivity contribution is 5.91. The zero-order valence-electron chi connectivity index (χ0n) is 9.28. The molecule has 0 saturated carbocycles. The largest absolute Gasteiger partial charge is 0.467 e. The Morgan fingerprint density at radius 3 is 2.81 bits per heavy atom. The number of carbonyl (C=O) groups is 1. The highest BCUT2D eigenvalue weighted by atomic mass is 16.5. The van der Waals surface area contributed by atoms with Gasteiger partial charge in [0.25, 0.3) is 0 Å². The number of carbonyl (C=O) groups excluding carboxylic acids is 1. The van der Waals surface area contributed by atoms with Crippen molar-refractivity contribution in [2.24, 2.45) is 5.73 Å². The number of hydrogen-bond donors (Lipinski definition) is 2. The number of methoxy groups -OCH3 is 1. The van der Waals surface area contributed by atoms with Crippen molar-refractivity contribution in [1.82, 2.24) is 4.98 Å². The molecule has 1 atom stereocenters. The normalized spacial score (nSPS) is 14.7. The van der Waals surface area contributed by atoms with Gasteiger partial charge in [-0.25, -0.2) is 4.79 Å². The van der Waals surface area contributed by atoms with Crippen molar-refractivity contribution >= 4 is 16.9 Å². The average Bonchev–Trinajstić information content (AvgIpc) is 2.72. The van der Waals surface area contributed by atoms with Gasteiger partial charge >= 0.3 is 5.97 Å². The average molecular weight is 218 g/mol. The topological polar surface area (TPSA) is 68.1 Å². The summed E-state index contributed by atoms with van der Waals surface area (Å²) < 4.78 is 4.71. The van der Waals surface area contributed by atoms with E-state index < -0.39 is 11.5 Å². The lowest BCUT2D eigenvalue weighted by Gasteiger charge is -2.20. The van der Waals surface area contributed by atoms with Crippen LogP contribution in [0.4, 0.5) is 0 Å². The molecule has 0 saturated heterocycles. The molecule has 0 aliphatic carbocycles. The molecule has 0 radical (unpaired) electrons. The fourth-order valence-corrected chi connectivity index (χ4v) is 1.82. The maximum Gasteiger partial charge on any atom is 0.330 e. The van der Waals surface area contributed by atoms with E-state index in [0.717, 1.165) is 16.5 Å². The fraction of sp³-hybridized carbons (Fsp3) is 0.250. The van der Waals surface area contributed by atoms with Crippen LogP contribution < -0.4 is 5.73 Å². The van der Waals surface area contributed by atoms with Crippen LogP contribution in [0.25, 0.3) is 10.9 Å². The summed E-state index contributed by atoms with van der Waals surface area (Å²) in [4.78, 5) is 14.7. The van der Waals surface area contributed by atoms with Crippen LogP contribution in [0.1, 0.15) is 12.5 Å². The lowest BCUT2D eigenvalue weighted by molar-refractivity contribution is -0.146. The SMILES string of the molecule is COC(=O)[C@](C)(N)c1c[nH]c2ccccc12. The fourth-order valence-electron chi connectivity index (χ4n) is 1.82. The molecule has 0 unspecified atom stereocenters. The van der Waals surface area contributed by atoms with E-state index in [1.165, 1.54) is 7.11 Å². The Morgan fingerprint density at radius 2 is 2.12 bits per heavy atom. The minimum absolute atomic E-state index is 0.447. The minimum atomic E-state index is -1.13. The monoisotopic (exact) mass is 218 g/mol. The number of fused-ring (bicyclic) bond motifs is 1. The first-order valence-electron chi connectivity index (χ1n) is 5.01. The third-order valence-corrected chi connectivity index (χ3v) is 2.76. The molecule has 4 heteroatoms. The summed E-state index contributed by atoms with van der Waals surface area (Å²) in [6.07, 6.45) is 1.75. The number of benzene rings is 1. The van der Waals surface area contributed by atoms with Crippen molar-refractivity contribution in [1.29, 1.82) is 0 Å². The summed E-state index contributed by atoms with van der Waals surface area (Å²) in [6, 6.07) is 7.70. The van der Waals surface area contributed by atoms with E-state index in [-0.39, 0.29) is 0 Å². The molecule has 84 valence electrons. The van der Waals surface area contributed by atoms with Gasteiger partial charge in [-0.15, -0.1) is 0 Å². The van der Waals surface area contributed by atoms with Crippen LogP contribution in [0.2, 0.25) is 0 Å². The van der Waals surface area contributed by atoms with E-state index in [1.807, 2.05) is 24.3 Å². The number of hydrogen-bond acceptors (Lipinski definition) is 3. The highest BCUT2D eigenvalue weighted by Gasteiger charge is 2.33. The quantitative estimate of drug-likeness (QED) is 0.751. The molecule has 1 aromatic carbocycles. The van der Waals surface area contributed by atoms with Crippen LogP contribution in [0, 0.1) is 0 Å². The van der Waals surface area contributed by atoms with Gasteiger partial charge in [0.15, 0.2) is 0 Å². The second-order valence-electron chi connectivity index (χ2n) is 3.94. The van der Waals surface area contributed by atoms with Crippen LogP contribution in [0.15, 0.2) is 30.5 Å². The minimum Gasteiger partial charge on any atom is -0.467 e. The molecule has 0 aliphatic heterocycles. The molecule has 1 aromatic heterocycles. The summed E-state index contributed by atoms with van der Waals surface area (Å²) in [5, 5.41) is 0.943. The Balaban J connectivity index is 2.59. The zero-order chi connectivity index (χ0) is 11.8. The molecule has 0 amide bonds. The van der Waals surface area contributed by atoms with Gasteiger partial charge in [0.05, 0.1) is 7.11 Å². The summed E-state index contributed by atoms with van der Waals surface area (Å²) in [6.45, 7) is 1.65. The van der Waals surface area contributed by atoms with Crippen molar-refractivity contribution < 1.29 is 9.53 Å². The second-order valence-corrected chi connectivity index (χ2v) is 3.94. The molecule has 0 fully saturated rings. The maximum atomic E-state index is 11.6. The van der Waals surface area contributed by atoms with Crippen LogP contribution in [-0.4, -0.2) is 18.1 Å². The Bertz CT molecular complexity index is 529. The number of aromatic nitrogens is 1. The van der Waals surface area contributed by atoms with Crippen molar-refractivity contribution in [2.45, 2.75) is 12.5 Å². The Labute approximate surface area is 93.4 Å². The van der Waals surface area contributed by atoms with Gasteiger partial charge < -0.3 is 15.5 Å². The third kappa shape index (κ3) is 1.47. The summed E-state index contributed by atoms with van der Waals surface area (Å²) in [5.41, 5.74) is 6.58. The van der Waals surface area contributed by atoms with Gasteiger partial charge in [-0.05, 0) is 13.0 Å². The number of esters is 1. The lowest BCUT2D eigenvalue weighted by Crippen LogP contribution is -2.42. The van der Waals surface area contributed by atoms with Crippen LogP contribution in [-0.2, 0) is 15.1 Å². The summed E-state index contributed by atoms with van der Waals surface area (Å²) in [5.74, 6) is -0.447. The van der Waals surface area contributed by atoms with E-state index in [4.69, 9.17) is 10.5 Å². The van der Waals surface area contributed by atoms with Crippen LogP contribution in [0.5, 0.6) is 0 Å². The van der Waals surface area contributed by atoms with Gasteiger partial charge in [-0.2, -0.15) is 0 Å². The first kappa shape index (κ1) is 10.7. The van der Waals surface area contributed by atoms with Crippen molar-refractivity contribution in [3.63, 3.8) is 0 Å². The van der Waals surface area contributed by atoms with Gasteiger partial charge in [-0.1, -0.05) is 18.2 Å². The van der Waals surface area contributed by atoms with E-state index in [0.29, 0.717) is 0 Å². The molecule has 2 aromatic rings. The molecular weight excluding hydrogens is 204 g/mol. The number of para-hydroxylation sites is 1. The molecule has 0 aliphatic rings. The molecule has 4 nitrogen and oxygen atoms in total. The van der Waals surface area contributed by atoms with E-state index in [9.17, 15) is 4.79 Å². The molecular formula is C12H14N2O2. The predicted molar refractivity (Wildman–Crippen MR) is 61.9 cm³/mol. The summed E-state index contributed by atoms with van der Waals surface area (Å²) >= 11 is 0. The van der Waals surface area contributed by atoms with Gasteiger partial charge in [0, 0.05) is 22.7 Å². The smallest absolute Gasteiger partial charge is 0.330 e. The van der Waals surface area contributed by atoms with Crippen LogP contribution >= 0.6 is 0 Å². The standard InChI is InChI=1S/C12H14N2O2/c1-12(13,11(15)16-2)9-7-14-10-6-4-3-5-8(9)10/h3-7,14H,13H2,1-2H3/t12-/m1/s1. The molecule has 1 heterocycles. The van der Waals surface area contributed by atoms with E-state index >= 15 is 0 Å². The Kier molecular flexibility index (Phi) is 2.44. The lowest BCUT2D eigenvalue weighted by atomic mass is 9.93. The number of aromatic amines is 1. The van der Waals surface area contributed by atoms with Crippen molar-refractivity contribution in [3.05, 3.63) is 36.0 Å². The highest BCUT2D eigenvalue weighted by Crippen LogP contribution is 2.27. The predicted octanol–water partition coefficient (Wildman–Crippen LogP) is 1.51. The van der Waals surface area contributed by atoms with Crippen molar-refractivity contribution in [3.8, 4) is 0 Å². The molecule has 3 N–H and O–H groups in total. The second kappa shape index (κ2) is 3.64. The Hall–Kier alpha value is -1.81. The molecule has 0 bridgehead atoms. The first-order chi connectivity index (χ1) is 7.57. The van der Waals surface area contributed by atoms with Gasteiger partial charge in [0.2, 0.25) is 0 Å². The number of ether oxygens (including phenoxy) is 1. The van der Waals surface area contributed by atoms with Gasteiger partial charge in [0.1, 0.15) is 5.54 Å². The zero-order valence-corrected chi connectivity index (χ0v) is 9.28. The molecule has 2 rings (SSSR count). The number of nitrogens with two attached hydrogens (primary N) is 1. The first-order valence-corrected chi connectivity index (χ1v) is 5.01. The maximum absolute atomic E-state index is 11.6. The van der Waals surface area contributed by atoms with E-state index in [1.54, 1.807) is 13.1 Å². The van der Waals surface area contributed by atoms with Crippen LogP contribution in [0.3, 0.4) is 0 Å². The van der Waals surface area contributed by atoms with E-state index in [2.05, 4.69) is 4.98 Å². The molecule has 16 heavy (non-hydrogen) atoms. The number of rotatable bonds is 2. The van der Waals surface area contributed by atoms with Gasteiger partial charge in [-0.3, -0.25) is 0 Å². The third-order valence-electron chi connectivity index (χ3n) is 2.76. The van der Waals surface area contributed by atoms with Crippen molar-refractivity contribution in [2.75, 3.05) is 7.11 Å². The number of nitrogens with one attached hydrogen (secondary N) is 1. The Morgan fingerprint density at radius 1 is 1.44 bits per heavy atom.